The van der Waals surface area contributed by atoms with E-state index in [-0.39, 0.29) is 6.10 Å². The molecule has 0 radical (unpaired) electrons. The van der Waals surface area contributed by atoms with Crippen molar-refractivity contribution in [1.82, 2.24) is 10.6 Å². The number of hydrogen-bond donors (Lipinski definition) is 2. The number of halogens is 1. The summed E-state index contributed by atoms with van der Waals surface area (Å²) < 4.78 is 11.3. The van der Waals surface area contributed by atoms with Crippen molar-refractivity contribution in [3.63, 3.8) is 0 Å². The van der Waals surface area contributed by atoms with Crippen LogP contribution in [0.25, 0.3) is 0 Å². The summed E-state index contributed by atoms with van der Waals surface area (Å²) in [6.07, 6.45) is 1.85. The number of hydrogen-bond acceptors (Lipinski definition) is 3. The van der Waals surface area contributed by atoms with E-state index in [2.05, 4.69) is 22.5 Å². The van der Waals surface area contributed by atoms with Crippen LogP contribution in [0.1, 0.15) is 26.7 Å². The van der Waals surface area contributed by atoms with Crippen molar-refractivity contribution in [2.45, 2.75) is 32.8 Å². The molecule has 0 aromatic heterocycles. The normalized spacial score (nSPS) is 12.8. The van der Waals surface area contributed by atoms with E-state index < -0.39 is 0 Å². The largest absolute Gasteiger partial charge is 0.487 e. The molecule has 130 valence electrons. The zero-order valence-electron chi connectivity index (χ0n) is 14.3. The first-order chi connectivity index (χ1) is 11.2. The number of ether oxygens (including phenoxy) is 2. The molecule has 5 nitrogen and oxygen atoms in total. The van der Waals surface area contributed by atoms with Crippen LogP contribution in [0.4, 0.5) is 0 Å². The van der Waals surface area contributed by atoms with Gasteiger partial charge in [0.1, 0.15) is 11.9 Å². The lowest BCUT2D eigenvalue weighted by Gasteiger charge is -2.20. The fraction of sp³-hybridized carbons (Fsp3) is 0.588. The van der Waals surface area contributed by atoms with Gasteiger partial charge < -0.3 is 20.1 Å². The maximum atomic E-state index is 6.13. The number of para-hydroxylation sites is 1. The van der Waals surface area contributed by atoms with Crippen molar-refractivity contribution < 1.29 is 9.47 Å². The van der Waals surface area contributed by atoms with Gasteiger partial charge in [0, 0.05) is 26.8 Å². The fourth-order valence-electron chi connectivity index (χ4n) is 1.95. The second-order valence-electron chi connectivity index (χ2n) is 5.01. The molecular weight excluding hydrogens is 314 g/mol. The minimum Gasteiger partial charge on any atom is -0.487 e. The minimum atomic E-state index is 0.0249. The van der Waals surface area contributed by atoms with Gasteiger partial charge >= 0.3 is 0 Å². The molecule has 0 bridgehead atoms. The smallest absolute Gasteiger partial charge is 0.191 e. The van der Waals surface area contributed by atoms with Gasteiger partial charge in [0.25, 0.3) is 0 Å². The molecule has 2 N–H and O–H groups in total. The highest BCUT2D eigenvalue weighted by Crippen LogP contribution is 2.24. The lowest BCUT2D eigenvalue weighted by molar-refractivity contribution is 0.145. The lowest BCUT2D eigenvalue weighted by atomic mass is 10.2. The summed E-state index contributed by atoms with van der Waals surface area (Å²) in [7, 11) is 1.76. The standard InChI is InChI=1S/C17H28ClN3O2/c1-4-14(23-16-10-7-6-9-15(16)18)13-21-17(19-3)20-11-8-12-22-5-2/h6-7,9-10,14H,4-5,8,11-13H2,1-3H3,(H2,19,20,21). The number of nitrogens with zero attached hydrogens (tertiary/aromatic N) is 1. The monoisotopic (exact) mass is 341 g/mol. The summed E-state index contributed by atoms with van der Waals surface area (Å²) in [5, 5.41) is 7.17. The van der Waals surface area contributed by atoms with E-state index in [1.807, 2.05) is 31.2 Å². The van der Waals surface area contributed by atoms with Gasteiger partial charge in [0.2, 0.25) is 0 Å². The SMILES string of the molecule is CCOCCCNC(=NC)NCC(CC)Oc1ccccc1Cl. The third-order valence-corrected chi connectivity index (χ3v) is 3.58. The van der Waals surface area contributed by atoms with Gasteiger partial charge in [-0.2, -0.15) is 0 Å². The highest BCUT2D eigenvalue weighted by molar-refractivity contribution is 6.32. The van der Waals surface area contributed by atoms with Crippen molar-refractivity contribution in [2.75, 3.05) is 33.4 Å². The van der Waals surface area contributed by atoms with Crippen LogP contribution in [0, 0.1) is 0 Å². The van der Waals surface area contributed by atoms with E-state index in [9.17, 15) is 0 Å². The maximum Gasteiger partial charge on any atom is 0.191 e. The second kappa shape index (κ2) is 12.0. The van der Waals surface area contributed by atoms with E-state index >= 15 is 0 Å². The first kappa shape index (κ1) is 19.6. The Kier molecular flexibility index (Phi) is 10.2. The average Bonchev–Trinajstić information content (AvgIpc) is 2.57. The Labute approximate surface area is 144 Å². The molecule has 6 heteroatoms. The number of rotatable bonds is 10. The molecule has 0 amide bonds. The first-order valence-electron chi connectivity index (χ1n) is 8.14. The Morgan fingerprint density at radius 3 is 2.70 bits per heavy atom. The van der Waals surface area contributed by atoms with Crippen LogP contribution in [-0.4, -0.2) is 45.4 Å². The molecule has 0 aliphatic carbocycles. The van der Waals surface area contributed by atoms with Crippen LogP contribution >= 0.6 is 11.6 Å². The van der Waals surface area contributed by atoms with Crippen molar-refractivity contribution in [2.24, 2.45) is 4.99 Å². The Morgan fingerprint density at radius 2 is 2.04 bits per heavy atom. The van der Waals surface area contributed by atoms with Crippen LogP contribution in [-0.2, 0) is 4.74 Å². The number of aliphatic imine (C=N–C) groups is 1. The van der Waals surface area contributed by atoms with E-state index in [1.54, 1.807) is 7.05 Å². The molecule has 0 saturated carbocycles. The summed E-state index contributed by atoms with van der Waals surface area (Å²) in [4.78, 5) is 4.21. The van der Waals surface area contributed by atoms with Gasteiger partial charge in [-0.3, -0.25) is 4.99 Å². The van der Waals surface area contributed by atoms with E-state index in [0.29, 0.717) is 17.3 Å². The van der Waals surface area contributed by atoms with E-state index in [4.69, 9.17) is 21.1 Å². The van der Waals surface area contributed by atoms with Crippen LogP contribution in [0.2, 0.25) is 5.02 Å². The first-order valence-corrected chi connectivity index (χ1v) is 8.52. The lowest BCUT2D eigenvalue weighted by Crippen LogP contribution is -2.42. The average molecular weight is 342 g/mol. The summed E-state index contributed by atoms with van der Waals surface area (Å²) in [5.74, 6) is 1.48. The van der Waals surface area contributed by atoms with Crippen LogP contribution in [0.5, 0.6) is 5.75 Å². The fourth-order valence-corrected chi connectivity index (χ4v) is 2.13. The van der Waals surface area contributed by atoms with E-state index in [0.717, 1.165) is 38.6 Å². The Hall–Kier alpha value is -1.46. The van der Waals surface area contributed by atoms with Crippen molar-refractivity contribution >= 4 is 17.6 Å². The molecule has 1 unspecified atom stereocenters. The third-order valence-electron chi connectivity index (χ3n) is 3.27. The minimum absolute atomic E-state index is 0.0249. The van der Waals surface area contributed by atoms with Crippen molar-refractivity contribution in [3.8, 4) is 5.75 Å². The molecular formula is C17H28ClN3O2. The molecule has 1 rings (SSSR count). The second-order valence-corrected chi connectivity index (χ2v) is 5.42. The topological polar surface area (TPSA) is 54.9 Å². The van der Waals surface area contributed by atoms with Gasteiger partial charge in [-0.05, 0) is 31.9 Å². The predicted molar refractivity (Wildman–Crippen MR) is 96.6 cm³/mol. The summed E-state index contributed by atoms with van der Waals surface area (Å²) in [6, 6.07) is 7.52. The zero-order valence-corrected chi connectivity index (χ0v) is 15.0. The zero-order chi connectivity index (χ0) is 16.9. The number of guanidine groups is 1. The predicted octanol–water partition coefficient (Wildman–Crippen LogP) is 3.09. The van der Waals surface area contributed by atoms with E-state index in [1.165, 1.54) is 0 Å². The summed E-state index contributed by atoms with van der Waals surface area (Å²) in [6.45, 7) is 7.08. The molecule has 23 heavy (non-hydrogen) atoms. The van der Waals surface area contributed by atoms with Gasteiger partial charge in [0.15, 0.2) is 5.96 Å². The molecule has 0 heterocycles. The summed E-state index contributed by atoms with van der Waals surface area (Å²) in [5.41, 5.74) is 0. The molecule has 0 fully saturated rings. The Bertz CT molecular complexity index is 469. The highest BCUT2D eigenvalue weighted by atomic mass is 35.5. The van der Waals surface area contributed by atoms with Crippen LogP contribution < -0.4 is 15.4 Å². The quantitative estimate of drug-likeness (QED) is 0.390. The molecule has 0 saturated heterocycles. The van der Waals surface area contributed by atoms with Crippen molar-refractivity contribution in [1.29, 1.82) is 0 Å². The van der Waals surface area contributed by atoms with Crippen LogP contribution in [0.15, 0.2) is 29.3 Å². The highest BCUT2D eigenvalue weighted by Gasteiger charge is 2.11. The van der Waals surface area contributed by atoms with Crippen LogP contribution in [0.3, 0.4) is 0 Å². The molecule has 0 aliphatic rings. The third kappa shape index (κ3) is 8.09. The molecule has 1 aromatic carbocycles. The van der Waals surface area contributed by atoms with Gasteiger partial charge in [-0.25, -0.2) is 0 Å². The van der Waals surface area contributed by atoms with Gasteiger partial charge in [0.05, 0.1) is 11.6 Å². The molecule has 0 aliphatic heterocycles. The van der Waals surface area contributed by atoms with Gasteiger partial charge in [-0.1, -0.05) is 30.7 Å². The molecule has 1 aromatic rings. The molecule has 1 atom stereocenters. The number of benzene rings is 1. The van der Waals surface area contributed by atoms with Gasteiger partial charge in [-0.15, -0.1) is 0 Å². The summed E-state index contributed by atoms with van der Waals surface area (Å²) >= 11 is 6.13. The van der Waals surface area contributed by atoms with Crippen molar-refractivity contribution in [3.05, 3.63) is 29.3 Å². The maximum absolute atomic E-state index is 6.13. The number of nitrogens with one attached hydrogen (secondary N) is 2. The molecule has 0 spiro atoms. The Morgan fingerprint density at radius 1 is 1.26 bits per heavy atom. The Balaban J connectivity index is 2.35.